The first-order valence-corrected chi connectivity index (χ1v) is 8.85. The lowest BCUT2D eigenvalue weighted by Gasteiger charge is -2.18. The predicted octanol–water partition coefficient (Wildman–Crippen LogP) is 3.50. The molecule has 26 heavy (non-hydrogen) atoms. The van der Waals surface area contributed by atoms with Crippen LogP contribution in [-0.2, 0) is 15.7 Å². The number of aromatic nitrogens is 2. The van der Waals surface area contributed by atoms with Crippen molar-refractivity contribution in [2.24, 2.45) is 0 Å². The third-order valence-corrected chi connectivity index (χ3v) is 4.90. The summed E-state index contributed by atoms with van der Waals surface area (Å²) in [4.78, 5) is 12.0. The summed E-state index contributed by atoms with van der Waals surface area (Å²) < 4.78 is 43.3. The van der Waals surface area contributed by atoms with Crippen molar-refractivity contribution in [3.05, 3.63) is 34.8 Å². The Balaban J connectivity index is 1.52. The molecule has 3 rings (SSSR count). The minimum atomic E-state index is -4.42. The molecule has 1 fully saturated rings. The van der Waals surface area contributed by atoms with Gasteiger partial charge in [0, 0.05) is 24.8 Å². The monoisotopic (exact) mass is 386 g/mol. The number of rotatable bonds is 5. The zero-order valence-corrected chi connectivity index (χ0v) is 14.5. The Hall–Kier alpha value is -2.20. The van der Waals surface area contributed by atoms with Crippen LogP contribution in [0, 0.1) is 0 Å². The molecule has 0 aliphatic carbocycles. The quantitative estimate of drug-likeness (QED) is 0.823. The molecule has 2 aromatic rings. The molecule has 0 spiro atoms. The highest BCUT2D eigenvalue weighted by Gasteiger charge is 2.30. The molecule has 2 N–H and O–H groups in total. The van der Waals surface area contributed by atoms with E-state index in [1.807, 2.05) is 0 Å². The van der Waals surface area contributed by atoms with Gasteiger partial charge in [-0.1, -0.05) is 17.4 Å². The molecule has 1 aromatic heterocycles. The predicted molar refractivity (Wildman–Crippen MR) is 91.3 cm³/mol. The Kier molecular flexibility index (Phi) is 5.72. The number of benzene rings is 1. The number of anilines is 2. The molecule has 1 saturated heterocycles. The maximum absolute atomic E-state index is 12.7. The van der Waals surface area contributed by atoms with Crippen LogP contribution in [-0.4, -0.2) is 35.9 Å². The normalized spacial score (nSPS) is 15.7. The number of carbonyl (C=O) groups is 1. The lowest BCUT2D eigenvalue weighted by molar-refractivity contribution is -0.137. The van der Waals surface area contributed by atoms with Crippen molar-refractivity contribution in [2.75, 3.05) is 30.4 Å². The summed E-state index contributed by atoms with van der Waals surface area (Å²) >= 11 is 1.31. The van der Waals surface area contributed by atoms with E-state index >= 15 is 0 Å². The molecule has 0 unspecified atom stereocenters. The first-order chi connectivity index (χ1) is 12.4. The average Bonchev–Trinajstić information content (AvgIpc) is 3.09. The van der Waals surface area contributed by atoms with Crippen LogP contribution in [0.5, 0.6) is 0 Å². The van der Waals surface area contributed by atoms with Gasteiger partial charge in [-0.3, -0.25) is 10.1 Å². The molecule has 140 valence electrons. The second-order valence-corrected chi connectivity index (χ2v) is 6.82. The minimum absolute atomic E-state index is 0.173. The van der Waals surface area contributed by atoms with E-state index in [0.29, 0.717) is 18.3 Å². The van der Waals surface area contributed by atoms with E-state index in [9.17, 15) is 18.0 Å². The van der Waals surface area contributed by atoms with Gasteiger partial charge in [0.25, 0.3) is 0 Å². The zero-order valence-electron chi connectivity index (χ0n) is 13.7. The lowest BCUT2D eigenvalue weighted by Crippen LogP contribution is -2.21. The number of ether oxygens (including phenoxy) is 1. The van der Waals surface area contributed by atoms with Crippen LogP contribution in [0.25, 0.3) is 0 Å². The summed E-state index contributed by atoms with van der Waals surface area (Å²) in [5.41, 5.74) is -0.553. The van der Waals surface area contributed by atoms with Gasteiger partial charge in [0.1, 0.15) is 5.01 Å². The molecular weight excluding hydrogens is 369 g/mol. The average molecular weight is 386 g/mol. The third kappa shape index (κ3) is 4.92. The van der Waals surface area contributed by atoms with Crippen LogP contribution in [0.1, 0.15) is 29.3 Å². The van der Waals surface area contributed by atoms with Crippen molar-refractivity contribution in [2.45, 2.75) is 24.9 Å². The Bertz CT molecular complexity index is 760. The van der Waals surface area contributed by atoms with Gasteiger partial charge in [-0.25, -0.2) is 0 Å². The van der Waals surface area contributed by atoms with Gasteiger partial charge < -0.3 is 10.1 Å². The summed E-state index contributed by atoms with van der Waals surface area (Å²) in [5, 5.41) is 14.6. The van der Waals surface area contributed by atoms with Crippen molar-refractivity contribution in [1.29, 1.82) is 0 Å². The summed E-state index contributed by atoms with van der Waals surface area (Å²) in [6.07, 6.45) is -2.67. The standard InChI is InChI=1S/C16H17F3N4O2S/c17-16(18,19)11-2-1-3-12(8-11)20-9-13(24)21-15-23-22-14(26-15)10-4-6-25-7-5-10/h1-3,8,10,20H,4-7,9H2,(H,21,23,24). The van der Waals surface area contributed by atoms with Gasteiger partial charge in [0.2, 0.25) is 11.0 Å². The smallest absolute Gasteiger partial charge is 0.381 e. The highest BCUT2D eigenvalue weighted by molar-refractivity contribution is 7.15. The molecule has 0 radical (unpaired) electrons. The van der Waals surface area contributed by atoms with Gasteiger partial charge in [-0.15, -0.1) is 10.2 Å². The van der Waals surface area contributed by atoms with E-state index in [-0.39, 0.29) is 18.2 Å². The van der Waals surface area contributed by atoms with Crippen LogP contribution in [0.4, 0.5) is 24.0 Å². The molecule has 2 heterocycles. The van der Waals surface area contributed by atoms with Crippen molar-refractivity contribution < 1.29 is 22.7 Å². The number of nitrogens with zero attached hydrogens (tertiary/aromatic N) is 2. The fourth-order valence-electron chi connectivity index (χ4n) is 2.55. The van der Waals surface area contributed by atoms with E-state index in [0.717, 1.165) is 30.0 Å². The molecule has 6 nitrogen and oxygen atoms in total. The van der Waals surface area contributed by atoms with E-state index in [4.69, 9.17) is 4.74 Å². The number of amides is 1. The van der Waals surface area contributed by atoms with Gasteiger partial charge in [-0.05, 0) is 31.0 Å². The fourth-order valence-corrected chi connectivity index (χ4v) is 3.47. The molecule has 10 heteroatoms. The van der Waals surface area contributed by atoms with E-state index in [1.165, 1.54) is 23.5 Å². The minimum Gasteiger partial charge on any atom is -0.381 e. The zero-order chi connectivity index (χ0) is 18.6. The number of alkyl halides is 3. The first-order valence-electron chi connectivity index (χ1n) is 8.04. The SMILES string of the molecule is O=C(CNc1cccc(C(F)(F)F)c1)Nc1nnc(C2CCOCC2)s1. The van der Waals surface area contributed by atoms with Crippen LogP contribution < -0.4 is 10.6 Å². The molecule has 1 aliphatic heterocycles. The molecule has 1 aromatic carbocycles. The largest absolute Gasteiger partial charge is 0.416 e. The second kappa shape index (κ2) is 8.00. The van der Waals surface area contributed by atoms with Crippen molar-refractivity contribution in [1.82, 2.24) is 10.2 Å². The molecule has 1 aliphatic rings. The van der Waals surface area contributed by atoms with Crippen molar-refractivity contribution in [3.63, 3.8) is 0 Å². The second-order valence-electron chi connectivity index (χ2n) is 5.81. The Morgan fingerprint density at radius 1 is 1.27 bits per heavy atom. The Labute approximate surface area is 151 Å². The molecule has 0 atom stereocenters. The fraction of sp³-hybridized carbons (Fsp3) is 0.438. The third-order valence-electron chi connectivity index (χ3n) is 3.90. The van der Waals surface area contributed by atoms with Crippen LogP contribution in [0.3, 0.4) is 0 Å². The van der Waals surface area contributed by atoms with Gasteiger partial charge in [0.15, 0.2) is 0 Å². The van der Waals surface area contributed by atoms with Gasteiger partial charge >= 0.3 is 6.18 Å². The van der Waals surface area contributed by atoms with Crippen LogP contribution >= 0.6 is 11.3 Å². The van der Waals surface area contributed by atoms with Crippen molar-refractivity contribution in [3.8, 4) is 0 Å². The van der Waals surface area contributed by atoms with Crippen molar-refractivity contribution >= 4 is 28.1 Å². The summed E-state index contributed by atoms with van der Waals surface area (Å²) in [7, 11) is 0. The molecular formula is C16H17F3N4O2S. The number of carbonyl (C=O) groups excluding carboxylic acids is 1. The first kappa shape index (κ1) is 18.6. The maximum Gasteiger partial charge on any atom is 0.416 e. The maximum atomic E-state index is 12.7. The Morgan fingerprint density at radius 3 is 2.77 bits per heavy atom. The van der Waals surface area contributed by atoms with Crippen LogP contribution in [0.15, 0.2) is 24.3 Å². The summed E-state index contributed by atoms with van der Waals surface area (Å²) in [6.45, 7) is 1.20. The van der Waals surface area contributed by atoms with Crippen LogP contribution in [0.2, 0.25) is 0 Å². The van der Waals surface area contributed by atoms with E-state index in [2.05, 4.69) is 20.8 Å². The number of halogens is 3. The molecule has 0 bridgehead atoms. The molecule has 0 saturated carbocycles. The Morgan fingerprint density at radius 2 is 2.04 bits per heavy atom. The number of nitrogens with one attached hydrogen (secondary N) is 2. The highest BCUT2D eigenvalue weighted by Crippen LogP contribution is 2.31. The number of hydrogen-bond acceptors (Lipinski definition) is 6. The topological polar surface area (TPSA) is 76.1 Å². The van der Waals surface area contributed by atoms with E-state index in [1.54, 1.807) is 0 Å². The van der Waals surface area contributed by atoms with Gasteiger partial charge in [-0.2, -0.15) is 13.2 Å². The molecule has 1 amide bonds. The number of hydrogen-bond donors (Lipinski definition) is 2. The summed E-state index contributed by atoms with van der Waals surface area (Å²) in [6, 6.07) is 4.69. The van der Waals surface area contributed by atoms with Gasteiger partial charge in [0.05, 0.1) is 12.1 Å². The van der Waals surface area contributed by atoms with E-state index < -0.39 is 17.6 Å². The highest BCUT2D eigenvalue weighted by atomic mass is 32.1. The summed E-state index contributed by atoms with van der Waals surface area (Å²) in [5.74, 6) is -0.118. The lowest BCUT2D eigenvalue weighted by atomic mass is 10.0.